The molecule has 0 aliphatic heterocycles. The van der Waals surface area contributed by atoms with E-state index in [0.29, 0.717) is 6.42 Å². The first kappa shape index (κ1) is 14.1. The summed E-state index contributed by atoms with van der Waals surface area (Å²) in [5, 5.41) is 27.4. The van der Waals surface area contributed by atoms with Gasteiger partial charge in [0.1, 0.15) is 0 Å². The van der Waals surface area contributed by atoms with E-state index in [2.05, 4.69) is 4.74 Å². The monoisotopic (exact) mass is 254 g/mol. The van der Waals surface area contributed by atoms with Crippen LogP contribution in [0.3, 0.4) is 0 Å². The molecule has 1 rings (SSSR count). The van der Waals surface area contributed by atoms with Crippen molar-refractivity contribution < 1.29 is 29.6 Å². The Balaban J connectivity index is 2.84. The zero-order valence-electron chi connectivity index (χ0n) is 9.79. The first-order chi connectivity index (χ1) is 8.35. The van der Waals surface area contributed by atoms with Gasteiger partial charge in [-0.2, -0.15) is 0 Å². The molecular weight excluding hydrogens is 240 g/mol. The second-order valence-electron chi connectivity index (χ2n) is 3.77. The van der Waals surface area contributed by atoms with E-state index in [-0.39, 0.29) is 17.5 Å². The van der Waals surface area contributed by atoms with Crippen molar-refractivity contribution in [3.05, 3.63) is 35.4 Å². The number of benzene rings is 1. The van der Waals surface area contributed by atoms with Crippen LogP contribution >= 0.6 is 0 Å². The standard InChI is InChI=1S/C12H14O6/c1-2-6-12(16,17)18-11(15)9-5-3-4-8(7-9)10(13)14/h3-5,7,16-17H,2,6H2,1H3,(H,13,14). The zero-order chi connectivity index (χ0) is 13.8. The molecule has 0 spiro atoms. The van der Waals surface area contributed by atoms with Crippen molar-refractivity contribution in [1.29, 1.82) is 0 Å². The van der Waals surface area contributed by atoms with Crippen LogP contribution in [0.15, 0.2) is 24.3 Å². The van der Waals surface area contributed by atoms with E-state index in [1.165, 1.54) is 18.2 Å². The van der Waals surface area contributed by atoms with Gasteiger partial charge in [0, 0.05) is 6.42 Å². The highest BCUT2D eigenvalue weighted by molar-refractivity contribution is 5.94. The van der Waals surface area contributed by atoms with Crippen molar-refractivity contribution in [1.82, 2.24) is 0 Å². The van der Waals surface area contributed by atoms with Gasteiger partial charge in [-0.3, -0.25) is 0 Å². The van der Waals surface area contributed by atoms with Crippen molar-refractivity contribution in [2.24, 2.45) is 0 Å². The molecule has 0 amide bonds. The van der Waals surface area contributed by atoms with Gasteiger partial charge in [-0.05, 0) is 24.6 Å². The van der Waals surface area contributed by atoms with E-state index in [9.17, 15) is 19.8 Å². The summed E-state index contributed by atoms with van der Waals surface area (Å²) in [5.41, 5.74) is -0.139. The summed E-state index contributed by atoms with van der Waals surface area (Å²) in [4.78, 5) is 22.3. The molecule has 98 valence electrons. The Morgan fingerprint density at radius 1 is 1.28 bits per heavy atom. The van der Waals surface area contributed by atoms with Crippen LogP contribution < -0.4 is 0 Å². The molecule has 0 fully saturated rings. The summed E-state index contributed by atoms with van der Waals surface area (Å²) < 4.78 is 4.48. The van der Waals surface area contributed by atoms with Crippen molar-refractivity contribution in [3.8, 4) is 0 Å². The number of carbonyl (C=O) groups is 2. The van der Waals surface area contributed by atoms with Gasteiger partial charge < -0.3 is 20.1 Å². The number of carbonyl (C=O) groups excluding carboxylic acids is 1. The van der Waals surface area contributed by atoms with Crippen LogP contribution in [-0.4, -0.2) is 33.2 Å². The van der Waals surface area contributed by atoms with E-state index in [1.54, 1.807) is 6.92 Å². The lowest BCUT2D eigenvalue weighted by Gasteiger charge is -2.20. The number of esters is 1. The molecule has 0 atom stereocenters. The number of aliphatic hydroxyl groups is 2. The molecule has 3 N–H and O–H groups in total. The Morgan fingerprint density at radius 3 is 2.44 bits per heavy atom. The number of aromatic carboxylic acids is 1. The fourth-order valence-corrected chi connectivity index (χ4v) is 1.36. The van der Waals surface area contributed by atoms with E-state index in [1.807, 2.05) is 0 Å². The summed E-state index contributed by atoms with van der Waals surface area (Å²) >= 11 is 0. The Morgan fingerprint density at radius 2 is 1.89 bits per heavy atom. The first-order valence-corrected chi connectivity index (χ1v) is 5.37. The van der Waals surface area contributed by atoms with Crippen molar-refractivity contribution in [2.45, 2.75) is 25.7 Å². The molecule has 18 heavy (non-hydrogen) atoms. The maximum Gasteiger partial charge on any atom is 0.342 e. The molecule has 6 heteroatoms. The van der Waals surface area contributed by atoms with Crippen LogP contribution in [0.25, 0.3) is 0 Å². The highest BCUT2D eigenvalue weighted by Crippen LogP contribution is 2.15. The average Bonchev–Trinajstić information content (AvgIpc) is 2.28. The quantitative estimate of drug-likeness (QED) is 0.534. The van der Waals surface area contributed by atoms with Crippen LogP contribution in [0.2, 0.25) is 0 Å². The molecule has 0 saturated heterocycles. The minimum Gasteiger partial charge on any atom is -0.478 e. The van der Waals surface area contributed by atoms with Gasteiger partial charge in [0.25, 0.3) is 0 Å². The molecule has 6 nitrogen and oxygen atoms in total. The molecule has 0 radical (unpaired) electrons. The van der Waals surface area contributed by atoms with Gasteiger partial charge in [-0.1, -0.05) is 13.0 Å². The zero-order valence-corrected chi connectivity index (χ0v) is 9.79. The summed E-state index contributed by atoms with van der Waals surface area (Å²) in [6.45, 7) is 1.69. The molecule has 0 aliphatic rings. The Kier molecular flexibility index (Phi) is 4.41. The molecule has 1 aromatic carbocycles. The van der Waals surface area contributed by atoms with Gasteiger partial charge >= 0.3 is 17.9 Å². The fourth-order valence-electron chi connectivity index (χ4n) is 1.36. The van der Waals surface area contributed by atoms with Crippen LogP contribution in [0.1, 0.15) is 40.5 Å². The fraction of sp³-hybridized carbons (Fsp3) is 0.333. The van der Waals surface area contributed by atoms with Crippen LogP contribution in [-0.2, 0) is 4.74 Å². The molecule has 0 saturated carbocycles. The Labute approximate surface area is 103 Å². The van der Waals surface area contributed by atoms with E-state index in [4.69, 9.17) is 5.11 Å². The number of hydrogen-bond acceptors (Lipinski definition) is 5. The molecule has 0 aliphatic carbocycles. The predicted octanol–water partition coefficient (Wildman–Crippen LogP) is 0.980. The summed E-state index contributed by atoms with van der Waals surface area (Å²) in [6, 6.07) is 5.12. The minimum atomic E-state index is -2.54. The lowest BCUT2D eigenvalue weighted by atomic mass is 10.1. The molecule has 1 aromatic rings. The third kappa shape index (κ3) is 3.83. The predicted molar refractivity (Wildman–Crippen MR) is 60.9 cm³/mol. The topological polar surface area (TPSA) is 104 Å². The lowest BCUT2D eigenvalue weighted by Crippen LogP contribution is -2.34. The van der Waals surface area contributed by atoms with Gasteiger partial charge in [0.2, 0.25) is 0 Å². The first-order valence-electron chi connectivity index (χ1n) is 5.37. The second kappa shape index (κ2) is 5.61. The lowest BCUT2D eigenvalue weighted by molar-refractivity contribution is -0.310. The summed E-state index contributed by atoms with van der Waals surface area (Å²) in [6.07, 6.45) is 0.285. The normalized spacial score (nSPS) is 11.1. The number of hydrogen-bond donors (Lipinski definition) is 3. The second-order valence-corrected chi connectivity index (χ2v) is 3.77. The SMILES string of the molecule is CCCC(O)(O)OC(=O)c1cccc(C(=O)O)c1. The third-order valence-corrected chi connectivity index (χ3v) is 2.18. The molecule has 0 heterocycles. The smallest absolute Gasteiger partial charge is 0.342 e. The van der Waals surface area contributed by atoms with E-state index in [0.717, 1.165) is 6.07 Å². The van der Waals surface area contributed by atoms with Crippen molar-refractivity contribution in [2.75, 3.05) is 0 Å². The van der Waals surface area contributed by atoms with Crippen LogP contribution in [0.5, 0.6) is 0 Å². The van der Waals surface area contributed by atoms with Crippen LogP contribution in [0, 0.1) is 0 Å². The molecule has 0 unspecified atom stereocenters. The number of carboxylic acid groups (broad SMARTS) is 1. The highest BCUT2D eigenvalue weighted by Gasteiger charge is 2.28. The molecule has 0 bridgehead atoms. The van der Waals surface area contributed by atoms with Crippen molar-refractivity contribution >= 4 is 11.9 Å². The summed E-state index contributed by atoms with van der Waals surface area (Å²) in [7, 11) is 0. The Hall–Kier alpha value is -1.92. The van der Waals surface area contributed by atoms with E-state index < -0.39 is 17.9 Å². The maximum absolute atomic E-state index is 11.6. The minimum absolute atomic E-state index is 0.0570. The molecular formula is C12H14O6. The average molecular weight is 254 g/mol. The Bertz CT molecular complexity index is 452. The van der Waals surface area contributed by atoms with Gasteiger partial charge in [0.05, 0.1) is 11.1 Å². The van der Waals surface area contributed by atoms with Gasteiger partial charge in [-0.25, -0.2) is 9.59 Å². The van der Waals surface area contributed by atoms with Gasteiger partial charge in [0.15, 0.2) is 0 Å². The largest absolute Gasteiger partial charge is 0.478 e. The number of rotatable bonds is 5. The number of ether oxygens (including phenoxy) is 1. The van der Waals surface area contributed by atoms with Gasteiger partial charge in [-0.15, -0.1) is 0 Å². The third-order valence-electron chi connectivity index (χ3n) is 2.18. The van der Waals surface area contributed by atoms with E-state index >= 15 is 0 Å². The van der Waals surface area contributed by atoms with Crippen LogP contribution in [0.4, 0.5) is 0 Å². The molecule has 0 aromatic heterocycles. The number of carboxylic acids is 1. The maximum atomic E-state index is 11.6. The highest BCUT2D eigenvalue weighted by atomic mass is 16.8. The summed E-state index contributed by atoms with van der Waals surface area (Å²) in [5.74, 6) is -4.71. The van der Waals surface area contributed by atoms with Crippen molar-refractivity contribution in [3.63, 3.8) is 0 Å².